The first kappa shape index (κ1) is 23.5. The fourth-order valence-corrected chi connectivity index (χ4v) is 3.64. The summed E-state index contributed by atoms with van der Waals surface area (Å²) in [6.45, 7) is 5.52. The lowest BCUT2D eigenvalue weighted by atomic mass is 10.2. The number of pyridine rings is 1. The molecule has 0 radical (unpaired) electrons. The molecule has 0 amide bonds. The molecule has 2 heterocycles. The van der Waals surface area contributed by atoms with E-state index in [0.29, 0.717) is 17.1 Å². The van der Waals surface area contributed by atoms with Crippen LogP contribution in [0.2, 0.25) is 0 Å². The number of hydrogen-bond acceptors (Lipinski definition) is 7. The average Bonchev–Trinajstić information content (AvgIpc) is 2.65. The minimum atomic E-state index is -4.60. The molecule has 3 aromatic rings. The molecule has 2 aromatic heterocycles. The molecule has 0 bridgehead atoms. The molecule has 1 aromatic carbocycles. The van der Waals surface area contributed by atoms with Crippen molar-refractivity contribution in [1.82, 2.24) is 15.0 Å². The van der Waals surface area contributed by atoms with Gasteiger partial charge in [0.05, 0.1) is 4.90 Å². The Morgan fingerprint density at radius 1 is 0.969 bits per heavy atom. The zero-order valence-electron chi connectivity index (χ0n) is 17.8. The maximum atomic E-state index is 13.1. The summed E-state index contributed by atoms with van der Waals surface area (Å²) in [6, 6.07) is 9.82. The molecule has 7 nitrogen and oxygen atoms in total. The lowest BCUT2D eigenvalue weighted by Gasteiger charge is -2.14. The Kier molecular flexibility index (Phi) is 6.40. The number of aryl methyl sites for hydroxylation is 1. The molecule has 3 rings (SSSR count). The highest BCUT2D eigenvalue weighted by molar-refractivity contribution is 7.90. The van der Waals surface area contributed by atoms with E-state index < -0.39 is 21.7 Å². The van der Waals surface area contributed by atoms with E-state index >= 15 is 0 Å². The minimum absolute atomic E-state index is 0.00382. The van der Waals surface area contributed by atoms with Gasteiger partial charge in [-0.25, -0.2) is 23.4 Å². The van der Waals surface area contributed by atoms with Gasteiger partial charge in [-0.3, -0.25) is 0 Å². The van der Waals surface area contributed by atoms with E-state index in [4.69, 9.17) is 0 Å². The van der Waals surface area contributed by atoms with Crippen molar-refractivity contribution in [2.75, 3.05) is 16.9 Å². The highest BCUT2D eigenvalue weighted by atomic mass is 32.2. The number of rotatable bonds is 6. The molecule has 0 saturated heterocycles. The van der Waals surface area contributed by atoms with Crippen LogP contribution in [-0.4, -0.2) is 35.7 Å². The Hall–Kier alpha value is -3.21. The van der Waals surface area contributed by atoms with Crippen molar-refractivity contribution >= 4 is 27.2 Å². The van der Waals surface area contributed by atoms with Crippen LogP contribution in [0, 0.1) is 6.92 Å². The van der Waals surface area contributed by atoms with Gasteiger partial charge < -0.3 is 10.6 Å². The van der Waals surface area contributed by atoms with Gasteiger partial charge in [-0.15, -0.1) is 0 Å². The number of hydrogen-bond donors (Lipinski definition) is 2. The summed E-state index contributed by atoms with van der Waals surface area (Å²) in [5.74, 6) is 0.630. The van der Waals surface area contributed by atoms with Crippen molar-refractivity contribution in [2.24, 2.45) is 0 Å². The van der Waals surface area contributed by atoms with Crippen LogP contribution in [0.5, 0.6) is 0 Å². The molecule has 0 atom stereocenters. The molecule has 0 aliphatic rings. The summed E-state index contributed by atoms with van der Waals surface area (Å²) in [6.07, 6.45) is -3.49. The van der Waals surface area contributed by atoms with Crippen LogP contribution in [0.4, 0.5) is 30.5 Å². The molecule has 0 aliphatic carbocycles. The van der Waals surface area contributed by atoms with Gasteiger partial charge in [0.1, 0.15) is 23.0 Å². The lowest BCUT2D eigenvalue weighted by molar-refractivity contribution is -0.141. The molecular formula is C21H22F3N5O2S. The molecule has 0 fully saturated rings. The first-order valence-corrected chi connectivity index (χ1v) is 11.5. The van der Waals surface area contributed by atoms with Gasteiger partial charge >= 0.3 is 6.18 Å². The Labute approximate surface area is 184 Å². The molecule has 0 saturated carbocycles. The number of nitrogens with one attached hydrogen (secondary N) is 2. The molecule has 2 N–H and O–H groups in total. The van der Waals surface area contributed by atoms with E-state index in [2.05, 4.69) is 25.6 Å². The first-order chi connectivity index (χ1) is 14.8. The Bertz CT molecular complexity index is 1240. The predicted molar refractivity (Wildman–Crippen MR) is 117 cm³/mol. The zero-order chi connectivity index (χ0) is 23.7. The number of benzene rings is 1. The third kappa shape index (κ3) is 5.94. The van der Waals surface area contributed by atoms with Gasteiger partial charge in [-0.1, -0.05) is 6.07 Å². The summed E-state index contributed by atoms with van der Waals surface area (Å²) in [5, 5.41) is 6.12. The third-order valence-electron chi connectivity index (χ3n) is 4.18. The zero-order valence-corrected chi connectivity index (χ0v) is 18.6. The Balaban J connectivity index is 2.07. The SMILES string of the molecule is Cc1cc(Nc2cc(NC(C)C)nc(-c3cccc(C(F)(F)F)n3)n2)cc(S(C)(=O)=O)c1. The topological polar surface area (TPSA) is 96.9 Å². The van der Waals surface area contributed by atoms with Crippen LogP contribution in [0.25, 0.3) is 11.5 Å². The maximum absolute atomic E-state index is 13.1. The normalized spacial score (nSPS) is 12.1. The standard InChI is InChI=1S/C21H22F3N5O2S/c1-12(2)25-18-11-19(26-14-8-13(3)9-15(10-14)32(4,30)31)29-20(28-18)16-6-5-7-17(27-16)21(22,23)24/h5-12H,1-4H3,(H2,25,26,28,29). The van der Waals surface area contributed by atoms with E-state index in [9.17, 15) is 21.6 Å². The Morgan fingerprint density at radius 2 is 1.66 bits per heavy atom. The monoisotopic (exact) mass is 465 g/mol. The number of aromatic nitrogens is 3. The smallest absolute Gasteiger partial charge is 0.368 e. The van der Waals surface area contributed by atoms with Crippen molar-refractivity contribution in [3.8, 4) is 11.5 Å². The van der Waals surface area contributed by atoms with Crippen LogP contribution in [0.3, 0.4) is 0 Å². The number of anilines is 3. The summed E-state index contributed by atoms with van der Waals surface area (Å²) >= 11 is 0. The molecule has 0 spiro atoms. The van der Waals surface area contributed by atoms with E-state index in [1.54, 1.807) is 25.1 Å². The summed E-state index contributed by atoms with van der Waals surface area (Å²) in [7, 11) is -3.44. The molecule has 11 heteroatoms. The van der Waals surface area contributed by atoms with Gasteiger partial charge in [0.25, 0.3) is 0 Å². The first-order valence-electron chi connectivity index (χ1n) is 9.60. The Morgan fingerprint density at radius 3 is 2.28 bits per heavy atom. The van der Waals surface area contributed by atoms with Crippen LogP contribution in [-0.2, 0) is 16.0 Å². The number of alkyl halides is 3. The van der Waals surface area contributed by atoms with Crippen LogP contribution in [0.15, 0.2) is 47.4 Å². The number of nitrogens with zero attached hydrogens (tertiary/aromatic N) is 3. The molecule has 0 unspecified atom stereocenters. The summed E-state index contributed by atoms with van der Waals surface area (Å²) in [4.78, 5) is 12.4. The summed E-state index contributed by atoms with van der Waals surface area (Å²) in [5.41, 5.74) is 0.0792. The van der Waals surface area contributed by atoms with Crippen LogP contribution < -0.4 is 10.6 Å². The van der Waals surface area contributed by atoms with Crippen LogP contribution in [0.1, 0.15) is 25.1 Å². The second kappa shape index (κ2) is 8.73. The fourth-order valence-electron chi connectivity index (χ4n) is 2.89. The van der Waals surface area contributed by atoms with Gasteiger partial charge in [0.15, 0.2) is 15.7 Å². The largest absolute Gasteiger partial charge is 0.433 e. The van der Waals surface area contributed by atoms with Gasteiger partial charge in [-0.2, -0.15) is 13.2 Å². The molecule has 0 aliphatic heterocycles. The van der Waals surface area contributed by atoms with E-state index in [-0.39, 0.29) is 28.3 Å². The molecule has 170 valence electrons. The number of sulfone groups is 1. The van der Waals surface area contributed by atoms with Gasteiger partial charge in [-0.05, 0) is 56.7 Å². The quantitative estimate of drug-likeness (QED) is 0.538. The van der Waals surface area contributed by atoms with Crippen molar-refractivity contribution in [2.45, 2.75) is 37.9 Å². The molecule has 32 heavy (non-hydrogen) atoms. The van der Waals surface area contributed by atoms with Crippen molar-refractivity contribution in [3.05, 3.63) is 53.7 Å². The second-order valence-electron chi connectivity index (χ2n) is 7.60. The predicted octanol–water partition coefficient (Wildman–Crippen LogP) is 4.83. The second-order valence-corrected chi connectivity index (χ2v) is 9.61. The third-order valence-corrected chi connectivity index (χ3v) is 5.27. The lowest BCUT2D eigenvalue weighted by Crippen LogP contribution is -2.13. The maximum Gasteiger partial charge on any atom is 0.433 e. The highest BCUT2D eigenvalue weighted by Gasteiger charge is 2.32. The summed E-state index contributed by atoms with van der Waals surface area (Å²) < 4.78 is 63.2. The molecular weight excluding hydrogens is 443 g/mol. The van der Waals surface area contributed by atoms with E-state index in [1.165, 1.54) is 18.2 Å². The average molecular weight is 466 g/mol. The van der Waals surface area contributed by atoms with Crippen molar-refractivity contribution in [1.29, 1.82) is 0 Å². The van der Waals surface area contributed by atoms with E-state index in [0.717, 1.165) is 12.3 Å². The minimum Gasteiger partial charge on any atom is -0.368 e. The highest BCUT2D eigenvalue weighted by Crippen LogP contribution is 2.30. The van der Waals surface area contributed by atoms with Crippen molar-refractivity contribution < 1.29 is 21.6 Å². The number of halogens is 3. The van der Waals surface area contributed by atoms with Crippen molar-refractivity contribution in [3.63, 3.8) is 0 Å². The van der Waals surface area contributed by atoms with Gasteiger partial charge in [0, 0.05) is 24.1 Å². The van der Waals surface area contributed by atoms with Crippen LogP contribution >= 0.6 is 0 Å². The van der Waals surface area contributed by atoms with E-state index in [1.807, 2.05) is 13.8 Å². The van der Waals surface area contributed by atoms with Gasteiger partial charge in [0.2, 0.25) is 0 Å². The fraction of sp³-hybridized carbons (Fsp3) is 0.286.